The lowest BCUT2D eigenvalue weighted by molar-refractivity contribution is 0.406. The van der Waals surface area contributed by atoms with Gasteiger partial charge in [-0.3, -0.25) is 0 Å². The van der Waals surface area contributed by atoms with Crippen LogP contribution < -0.4 is 5.32 Å². The monoisotopic (exact) mass is 355 g/mol. The Morgan fingerprint density at radius 1 is 1.20 bits per heavy atom. The second-order valence-electron chi connectivity index (χ2n) is 4.96. The molecule has 1 N–H and O–H groups in total. The van der Waals surface area contributed by atoms with Gasteiger partial charge in [0.15, 0.2) is 0 Å². The molecule has 2 aromatic carbocycles. The van der Waals surface area contributed by atoms with Crippen LogP contribution in [0.25, 0.3) is 0 Å². The van der Waals surface area contributed by atoms with E-state index in [1.807, 2.05) is 43.3 Å². The first-order valence-electron chi connectivity index (χ1n) is 6.35. The molecule has 106 valence electrons. The van der Waals surface area contributed by atoms with Crippen molar-refractivity contribution in [2.24, 2.45) is 0 Å². The molecule has 0 aliphatic rings. The Balaban J connectivity index is 2.15. The molecule has 0 saturated carbocycles. The van der Waals surface area contributed by atoms with Gasteiger partial charge in [0.25, 0.3) is 0 Å². The molecule has 2 aromatic rings. The number of alkyl halides is 1. The van der Waals surface area contributed by atoms with E-state index in [4.69, 9.17) is 11.6 Å². The third-order valence-corrected chi connectivity index (χ3v) is 4.28. The highest BCUT2D eigenvalue weighted by Crippen LogP contribution is 2.23. The van der Waals surface area contributed by atoms with Crippen LogP contribution in [0.3, 0.4) is 0 Å². The predicted molar refractivity (Wildman–Crippen MR) is 85.5 cm³/mol. The number of rotatable bonds is 5. The fraction of sp³-hybridized carbons (Fsp3) is 0.250. The van der Waals surface area contributed by atoms with E-state index in [9.17, 15) is 4.39 Å². The van der Waals surface area contributed by atoms with Gasteiger partial charge >= 0.3 is 0 Å². The van der Waals surface area contributed by atoms with Crippen molar-refractivity contribution < 1.29 is 4.39 Å². The van der Waals surface area contributed by atoms with Crippen LogP contribution >= 0.6 is 27.5 Å². The average Bonchev–Trinajstić information content (AvgIpc) is 2.45. The van der Waals surface area contributed by atoms with Crippen molar-refractivity contribution in [3.05, 3.63) is 69.9 Å². The van der Waals surface area contributed by atoms with Crippen molar-refractivity contribution in [2.75, 3.05) is 5.88 Å². The zero-order valence-corrected chi connectivity index (χ0v) is 13.5. The van der Waals surface area contributed by atoms with Crippen molar-refractivity contribution in [1.82, 2.24) is 5.32 Å². The lowest BCUT2D eigenvalue weighted by atomic mass is 9.94. The van der Waals surface area contributed by atoms with E-state index in [0.29, 0.717) is 12.4 Å². The van der Waals surface area contributed by atoms with Gasteiger partial charge in [0.2, 0.25) is 0 Å². The van der Waals surface area contributed by atoms with E-state index >= 15 is 0 Å². The number of hydrogen-bond acceptors (Lipinski definition) is 1. The Hall–Kier alpha value is -0.900. The van der Waals surface area contributed by atoms with Crippen molar-refractivity contribution >= 4 is 27.5 Å². The first-order chi connectivity index (χ1) is 9.53. The molecule has 0 heterocycles. The van der Waals surface area contributed by atoms with Gasteiger partial charge in [-0.1, -0.05) is 46.3 Å². The molecule has 1 atom stereocenters. The molecule has 0 fully saturated rings. The van der Waals surface area contributed by atoms with Crippen LogP contribution in [-0.4, -0.2) is 5.88 Å². The lowest BCUT2D eigenvalue weighted by Crippen LogP contribution is -2.40. The van der Waals surface area contributed by atoms with Gasteiger partial charge in [-0.15, -0.1) is 11.6 Å². The Bertz CT molecular complexity index is 556. The summed E-state index contributed by atoms with van der Waals surface area (Å²) in [4.78, 5) is 0. The van der Waals surface area contributed by atoms with E-state index in [1.165, 1.54) is 12.1 Å². The average molecular weight is 357 g/mol. The molecule has 0 saturated heterocycles. The number of halogens is 3. The molecule has 0 aliphatic heterocycles. The van der Waals surface area contributed by atoms with Crippen molar-refractivity contribution in [3.63, 3.8) is 0 Å². The van der Waals surface area contributed by atoms with Gasteiger partial charge in [0.05, 0.1) is 5.54 Å². The molecule has 0 aliphatic carbocycles. The van der Waals surface area contributed by atoms with Crippen LogP contribution in [0.5, 0.6) is 0 Å². The number of hydrogen-bond donors (Lipinski definition) is 1. The Labute approximate surface area is 132 Å². The van der Waals surface area contributed by atoms with Crippen molar-refractivity contribution in [3.8, 4) is 0 Å². The van der Waals surface area contributed by atoms with E-state index in [2.05, 4.69) is 21.2 Å². The zero-order chi connectivity index (χ0) is 14.6. The smallest absolute Gasteiger partial charge is 0.124 e. The van der Waals surface area contributed by atoms with Crippen LogP contribution in [0, 0.1) is 5.82 Å². The van der Waals surface area contributed by atoms with Gasteiger partial charge < -0.3 is 5.32 Å². The maximum atomic E-state index is 13.4. The minimum Gasteiger partial charge on any atom is -0.303 e. The summed E-state index contributed by atoms with van der Waals surface area (Å²) >= 11 is 9.43. The van der Waals surface area contributed by atoms with E-state index in [1.54, 1.807) is 0 Å². The number of nitrogens with one attached hydrogen (secondary N) is 1. The normalized spacial score (nSPS) is 14.0. The summed E-state index contributed by atoms with van der Waals surface area (Å²) in [6.07, 6.45) is 0. The third-order valence-electron chi connectivity index (χ3n) is 3.28. The Morgan fingerprint density at radius 3 is 2.50 bits per heavy atom. The highest BCUT2D eigenvalue weighted by Gasteiger charge is 2.24. The summed E-state index contributed by atoms with van der Waals surface area (Å²) in [6, 6.07) is 14.9. The first kappa shape index (κ1) is 15.5. The zero-order valence-electron chi connectivity index (χ0n) is 11.2. The van der Waals surface area contributed by atoms with Crippen LogP contribution in [0.15, 0.2) is 53.0 Å². The quantitative estimate of drug-likeness (QED) is 0.757. The van der Waals surface area contributed by atoms with Gasteiger partial charge in [-0.05, 0) is 36.2 Å². The first-order valence-corrected chi connectivity index (χ1v) is 7.68. The standard InChI is InChI=1S/C16H16BrClFN/c1-16(11-18,13-5-3-2-4-6-13)20-10-12-7-14(17)9-15(19)8-12/h2-9,20H,10-11H2,1H3. The second-order valence-corrected chi connectivity index (χ2v) is 6.15. The van der Waals surface area contributed by atoms with Crippen molar-refractivity contribution in [1.29, 1.82) is 0 Å². The van der Waals surface area contributed by atoms with Crippen LogP contribution in [0.4, 0.5) is 4.39 Å². The molecule has 0 bridgehead atoms. The summed E-state index contributed by atoms with van der Waals surface area (Å²) in [5.41, 5.74) is 1.65. The molecule has 0 radical (unpaired) electrons. The fourth-order valence-corrected chi connectivity index (χ4v) is 2.80. The van der Waals surface area contributed by atoms with Crippen molar-refractivity contribution in [2.45, 2.75) is 19.0 Å². The Morgan fingerprint density at radius 2 is 1.90 bits per heavy atom. The highest BCUT2D eigenvalue weighted by atomic mass is 79.9. The molecule has 20 heavy (non-hydrogen) atoms. The highest BCUT2D eigenvalue weighted by molar-refractivity contribution is 9.10. The van der Waals surface area contributed by atoms with E-state index < -0.39 is 0 Å². The molecular weight excluding hydrogens is 341 g/mol. The minimum absolute atomic E-state index is 0.247. The SMILES string of the molecule is CC(CCl)(NCc1cc(F)cc(Br)c1)c1ccccc1. The third kappa shape index (κ3) is 3.81. The topological polar surface area (TPSA) is 12.0 Å². The van der Waals surface area contributed by atoms with Gasteiger partial charge in [-0.2, -0.15) is 0 Å². The lowest BCUT2D eigenvalue weighted by Gasteiger charge is -2.29. The molecule has 2 rings (SSSR count). The molecule has 1 unspecified atom stereocenters. The summed E-state index contributed by atoms with van der Waals surface area (Å²) in [7, 11) is 0. The molecule has 0 spiro atoms. The number of benzene rings is 2. The molecule has 0 amide bonds. The van der Waals surface area contributed by atoms with Gasteiger partial charge in [0.1, 0.15) is 5.82 Å². The second kappa shape index (κ2) is 6.70. The largest absolute Gasteiger partial charge is 0.303 e. The van der Waals surface area contributed by atoms with E-state index in [-0.39, 0.29) is 11.4 Å². The molecular formula is C16H16BrClFN. The maximum absolute atomic E-state index is 13.4. The summed E-state index contributed by atoms with van der Waals surface area (Å²) in [5.74, 6) is 0.191. The molecule has 4 heteroatoms. The van der Waals surface area contributed by atoms with E-state index in [0.717, 1.165) is 15.6 Å². The predicted octanol–water partition coefficient (Wildman–Crippen LogP) is 4.83. The summed E-state index contributed by atoms with van der Waals surface area (Å²) in [5, 5.41) is 3.41. The molecule has 0 aromatic heterocycles. The minimum atomic E-state index is -0.346. The van der Waals surface area contributed by atoms with Crippen LogP contribution in [0.1, 0.15) is 18.1 Å². The summed E-state index contributed by atoms with van der Waals surface area (Å²) < 4.78 is 14.1. The summed E-state index contributed by atoms with van der Waals surface area (Å²) in [6.45, 7) is 2.60. The molecule has 1 nitrogen and oxygen atoms in total. The van der Waals surface area contributed by atoms with Gasteiger partial charge in [-0.25, -0.2) is 4.39 Å². The fourth-order valence-electron chi connectivity index (χ4n) is 2.04. The maximum Gasteiger partial charge on any atom is 0.124 e. The van der Waals surface area contributed by atoms with Gasteiger partial charge in [0, 0.05) is 16.9 Å². The Kier molecular flexibility index (Phi) is 5.19. The van der Waals surface area contributed by atoms with Crippen LogP contribution in [-0.2, 0) is 12.1 Å². The van der Waals surface area contributed by atoms with Crippen LogP contribution in [0.2, 0.25) is 0 Å².